The molecule has 1 aliphatic rings. The molecule has 4 nitrogen and oxygen atoms in total. The zero-order valence-corrected chi connectivity index (χ0v) is 13.3. The maximum Gasteiger partial charge on any atom is 0.155 e. The summed E-state index contributed by atoms with van der Waals surface area (Å²) in [5, 5.41) is 12.9. The molecule has 0 amide bonds. The first-order chi connectivity index (χ1) is 11.7. The standard InChI is InChI=1S/C19H16FN3O/c1-2-3-4-14-11-13(5-6-17(14)20)12-18(23-24)15-7-9-21-19-16(15)8-10-22-19/h5-7,9-11,24H,2,8,12H2,1H3/b23-18+. The average Bonchev–Trinajstić information content (AvgIpc) is 3.08. The number of hydrogen-bond donors (Lipinski definition) is 1. The van der Waals surface area contributed by atoms with Gasteiger partial charge in [0.1, 0.15) is 5.82 Å². The van der Waals surface area contributed by atoms with Crippen LogP contribution >= 0.6 is 0 Å². The van der Waals surface area contributed by atoms with E-state index in [9.17, 15) is 9.60 Å². The predicted octanol–water partition coefficient (Wildman–Crippen LogP) is 3.66. The number of rotatable bonds is 3. The van der Waals surface area contributed by atoms with Crippen molar-refractivity contribution >= 4 is 17.7 Å². The second kappa shape index (κ2) is 7.05. The molecule has 1 N–H and O–H groups in total. The Balaban J connectivity index is 1.91. The summed E-state index contributed by atoms with van der Waals surface area (Å²) in [6.07, 6.45) is 5.12. The van der Waals surface area contributed by atoms with Crippen LogP contribution in [0.1, 0.15) is 35.6 Å². The highest BCUT2D eigenvalue weighted by atomic mass is 19.1. The molecule has 0 fully saturated rings. The normalized spacial score (nSPS) is 12.7. The molecule has 1 aliphatic heterocycles. The van der Waals surface area contributed by atoms with E-state index in [2.05, 4.69) is 27.0 Å². The largest absolute Gasteiger partial charge is 0.411 e. The van der Waals surface area contributed by atoms with Gasteiger partial charge in [-0.1, -0.05) is 30.0 Å². The van der Waals surface area contributed by atoms with Crippen molar-refractivity contribution in [3.8, 4) is 11.8 Å². The second-order valence-electron chi connectivity index (χ2n) is 5.37. The third kappa shape index (κ3) is 3.18. The summed E-state index contributed by atoms with van der Waals surface area (Å²) in [6.45, 7) is 1.91. The van der Waals surface area contributed by atoms with Gasteiger partial charge in [-0.3, -0.25) is 0 Å². The fraction of sp³-hybridized carbons (Fsp3) is 0.211. The summed E-state index contributed by atoms with van der Waals surface area (Å²) in [4.78, 5) is 8.40. The van der Waals surface area contributed by atoms with Crippen LogP contribution in [0, 0.1) is 17.7 Å². The van der Waals surface area contributed by atoms with Crippen LogP contribution in [0.25, 0.3) is 0 Å². The van der Waals surface area contributed by atoms with E-state index in [0.29, 0.717) is 36.4 Å². The van der Waals surface area contributed by atoms with Crippen molar-refractivity contribution in [3.05, 3.63) is 58.5 Å². The summed E-state index contributed by atoms with van der Waals surface area (Å²) in [5.41, 5.74) is 3.44. The summed E-state index contributed by atoms with van der Waals surface area (Å²) < 4.78 is 13.8. The van der Waals surface area contributed by atoms with Gasteiger partial charge in [-0.2, -0.15) is 0 Å². The number of oxime groups is 1. The zero-order chi connectivity index (χ0) is 16.9. The number of pyridine rings is 1. The van der Waals surface area contributed by atoms with Crippen LogP contribution in [0.5, 0.6) is 0 Å². The van der Waals surface area contributed by atoms with E-state index in [0.717, 1.165) is 16.7 Å². The van der Waals surface area contributed by atoms with Crippen LogP contribution in [-0.2, 0) is 12.8 Å². The fourth-order valence-electron chi connectivity index (χ4n) is 2.63. The minimum absolute atomic E-state index is 0.347. The molecular weight excluding hydrogens is 305 g/mol. The lowest BCUT2D eigenvalue weighted by Gasteiger charge is -2.09. The summed E-state index contributed by atoms with van der Waals surface area (Å²) in [7, 11) is 0. The Morgan fingerprint density at radius 1 is 1.38 bits per heavy atom. The Morgan fingerprint density at radius 3 is 3.04 bits per heavy atom. The lowest BCUT2D eigenvalue weighted by atomic mass is 9.97. The monoisotopic (exact) mass is 321 g/mol. The van der Waals surface area contributed by atoms with Gasteiger partial charge in [0.15, 0.2) is 5.82 Å². The molecule has 0 radical (unpaired) electrons. The molecule has 0 saturated carbocycles. The number of benzene rings is 1. The molecule has 0 spiro atoms. The lowest BCUT2D eigenvalue weighted by Crippen LogP contribution is -2.09. The molecule has 1 aromatic carbocycles. The van der Waals surface area contributed by atoms with Crippen LogP contribution in [0.15, 0.2) is 40.6 Å². The highest BCUT2D eigenvalue weighted by Gasteiger charge is 2.17. The first-order valence-corrected chi connectivity index (χ1v) is 7.72. The van der Waals surface area contributed by atoms with E-state index >= 15 is 0 Å². The lowest BCUT2D eigenvalue weighted by molar-refractivity contribution is 0.318. The molecule has 5 heteroatoms. The molecule has 2 aromatic rings. The maximum absolute atomic E-state index is 13.8. The van der Waals surface area contributed by atoms with Crippen molar-refractivity contribution in [1.29, 1.82) is 0 Å². The Labute approximate surface area is 139 Å². The van der Waals surface area contributed by atoms with Crippen LogP contribution in [0.2, 0.25) is 0 Å². The van der Waals surface area contributed by atoms with Crippen molar-refractivity contribution in [2.45, 2.75) is 26.2 Å². The van der Waals surface area contributed by atoms with Crippen LogP contribution in [0.4, 0.5) is 10.2 Å². The van der Waals surface area contributed by atoms with E-state index in [1.165, 1.54) is 6.07 Å². The topological polar surface area (TPSA) is 57.8 Å². The molecule has 24 heavy (non-hydrogen) atoms. The Bertz CT molecular complexity index is 891. The van der Waals surface area contributed by atoms with E-state index < -0.39 is 0 Å². The van der Waals surface area contributed by atoms with Crippen LogP contribution in [-0.4, -0.2) is 22.1 Å². The molecule has 3 rings (SSSR count). The molecular formula is C19H16FN3O. The molecule has 0 bridgehead atoms. The van der Waals surface area contributed by atoms with Crippen molar-refractivity contribution in [1.82, 2.24) is 4.98 Å². The van der Waals surface area contributed by atoms with Gasteiger partial charge in [0.05, 0.1) is 11.3 Å². The summed E-state index contributed by atoms with van der Waals surface area (Å²) >= 11 is 0. The predicted molar refractivity (Wildman–Crippen MR) is 91.7 cm³/mol. The van der Waals surface area contributed by atoms with E-state index in [1.807, 2.05) is 13.0 Å². The third-order valence-corrected chi connectivity index (χ3v) is 3.78. The Morgan fingerprint density at radius 2 is 2.25 bits per heavy atom. The first-order valence-electron chi connectivity index (χ1n) is 7.72. The molecule has 0 atom stereocenters. The van der Waals surface area contributed by atoms with E-state index in [-0.39, 0.29) is 5.82 Å². The third-order valence-electron chi connectivity index (χ3n) is 3.78. The number of halogens is 1. The molecule has 0 saturated heterocycles. The molecule has 1 aromatic heterocycles. The maximum atomic E-state index is 13.8. The Hall–Kier alpha value is -3.00. The number of hydrogen-bond acceptors (Lipinski definition) is 4. The van der Waals surface area contributed by atoms with Gasteiger partial charge < -0.3 is 5.21 Å². The van der Waals surface area contributed by atoms with Gasteiger partial charge in [-0.05, 0) is 23.8 Å². The van der Waals surface area contributed by atoms with Gasteiger partial charge in [0.2, 0.25) is 0 Å². The van der Waals surface area contributed by atoms with Gasteiger partial charge in [0, 0.05) is 42.8 Å². The quantitative estimate of drug-likeness (QED) is 0.406. The number of nitrogens with zero attached hydrogens (tertiary/aromatic N) is 3. The van der Waals surface area contributed by atoms with Crippen molar-refractivity contribution in [2.75, 3.05) is 0 Å². The molecule has 2 heterocycles. The van der Waals surface area contributed by atoms with E-state index in [1.54, 1.807) is 24.5 Å². The summed E-state index contributed by atoms with van der Waals surface area (Å²) in [6, 6.07) is 6.57. The number of aliphatic imine (C=N–C) groups is 1. The molecule has 0 aliphatic carbocycles. The average molecular weight is 321 g/mol. The van der Waals surface area contributed by atoms with Crippen molar-refractivity contribution in [3.63, 3.8) is 0 Å². The van der Waals surface area contributed by atoms with Gasteiger partial charge in [-0.15, -0.1) is 0 Å². The smallest absolute Gasteiger partial charge is 0.155 e. The zero-order valence-electron chi connectivity index (χ0n) is 13.3. The minimum atomic E-state index is -0.347. The highest BCUT2D eigenvalue weighted by Crippen LogP contribution is 2.26. The highest BCUT2D eigenvalue weighted by molar-refractivity contribution is 6.04. The van der Waals surface area contributed by atoms with Gasteiger partial charge in [-0.25, -0.2) is 14.4 Å². The van der Waals surface area contributed by atoms with Crippen LogP contribution in [0.3, 0.4) is 0 Å². The number of fused-ring (bicyclic) bond motifs is 1. The molecule has 0 unspecified atom stereocenters. The van der Waals surface area contributed by atoms with Gasteiger partial charge >= 0.3 is 0 Å². The fourth-order valence-corrected chi connectivity index (χ4v) is 2.63. The first kappa shape index (κ1) is 15.9. The second-order valence-corrected chi connectivity index (χ2v) is 5.37. The SMILES string of the molecule is CCC#Cc1cc(C/C(=N\O)c2ccnc3c2CC=N3)ccc1F. The van der Waals surface area contributed by atoms with Crippen molar-refractivity contribution in [2.24, 2.45) is 10.1 Å². The Kier molecular flexibility index (Phi) is 4.66. The van der Waals surface area contributed by atoms with Gasteiger partial charge in [0.25, 0.3) is 0 Å². The number of aromatic nitrogens is 1. The van der Waals surface area contributed by atoms with E-state index in [4.69, 9.17) is 0 Å². The van der Waals surface area contributed by atoms with Crippen molar-refractivity contribution < 1.29 is 9.60 Å². The minimum Gasteiger partial charge on any atom is -0.411 e. The molecule has 120 valence electrons. The summed E-state index contributed by atoms with van der Waals surface area (Å²) in [5.74, 6) is 6.00. The van der Waals surface area contributed by atoms with Crippen LogP contribution < -0.4 is 0 Å².